The Morgan fingerprint density at radius 2 is 1.80 bits per heavy atom. The highest BCUT2D eigenvalue weighted by Crippen LogP contribution is 2.31. The minimum absolute atomic E-state index is 0.191. The molecule has 1 aromatic carbocycles. The van der Waals surface area contributed by atoms with E-state index < -0.39 is 0 Å². The molecule has 0 unspecified atom stereocenters. The first-order valence-corrected chi connectivity index (χ1v) is 6.99. The number of aryl methyl sites for hydroxylation is 1. The topological polar surface area (TPSA) is 63.8 Å². The van der Waals surface area contributed by atoms with E-state index in [0.29, 0.717) is 33.2 Å². The molecule has 4 nitrogen and oxygen atoms in total. The van der Waals surface area contributed by atoms with Gasteiger partial charge in [-0.15, -0.1) is 0 Å². The molecule has 0 aliphatic heterocycles. The van der Waals surface area contributed by atoms with Gasteiger partial charge in [-0.1, -0.05) is 37.0 Å². The van der Waals surface area contributed by atoms with E-state index >= 15 is 0 Å². The SMILES string of the molecule is Cc1cc(Cl)c(Nc2cc(N)nc(C(C)C)n2)cc1Cl. The third kappa shape index (κ3) is 3.32. The molecule has 106 valence electrons. The van der Waals surface area contributed by atoms with Crippen LogP contribution in [0.5, 0.6) is 0 Å². The van der Waals surface area contributed by atoms with Crippen molar-refractivity contribution in [1.29, 1.82) is 0 Å². The third-order valence-electron chi connectivity index (χ3n) is 2.79. The normalized spacial score (nSPS) is 10.9. The average Bonchev–Trinajstić information content (AvgIpc) is 2.35. The summed E-state index contributed by atoms with van der Waals surface area (Å²) in [6, 6.07) is 5.24. The van der Waals surface area contributed by atoms with Crippen molar-refractivity contribution in [2.45, 2.75) is 26.7 Å². The van der Waals surface area contributed by atoms with E-state index in [1.165, 1.54) is 0 Å². The van der Waals surface area contributed by atoms with Crippen LogP contribution in [0.1, 0.15) is 31.2 Å². The second-order valence-corrected chi connectivity index (χ2v) is 5.71. The first-order chi connectivity index (χ1) is 9.36. The number of halogens is 2. The zero-order valence-electron chi connectivity index (χ0n) is 11.5. The second kappa shape index (κ2) is 5.85. The molecule has 2 rings (SSSR count). The fourth-order valence-corrected chi connectivity index (χ4v) is 2.12. The van der Waals surface area contributed by atoms with E-state index in [2.05, 4.69) is 15.3 Å². The Morgan fingerprint density at radius 1 is 1.10 bits per heavy atom. The molecule has 0 aliphatic rings. The van der Waals surface area contributed by atoms with Gasteiger partial charge in [0.05, 0.1) is 10.7 Å². The molecule has 2 aromatic rings. The maximum atomic E-state index is 6.20. The van der Waals surface area contributed by atoms with Gasteiger partial charge in [-0.3, -0.25) is 0 Å². The lowest BCUT2D eigenvalue weighted by Gasteiger charge is -2.12. The maximum Gasteiger partial charge on any atom is 0.136 e. The Kier molecular flexibility index (Phi) is 4.35. The summed E-state index contributed by atoms with van der Waals surface area (Å²) in [5.74, 6) is 1.89. The Labute approximate surface area is 128 Å². The van der Waals surface area contributed by atoms with E-state index in [-0.39, 0.29) is 5.92 Å². The lowest BCUT2D eigenvalue weighted by molar-refractivity contribution is 0.779. The molecular weight excluding hydrogens is 295 g/mol. The highest BCUT2D eigenvalue weighted by atomic mass is 35.5. The van der Waals surface area contributed by atoms with Gasteiger partial charge in [0.1, 0.15) is 17.5 Å². The molecule has 0 radical (unpaired) electrons. The lowest BCUT2D eigenvalue weighted by atomic mass is 10.2. The highest BCUT2D eigenvalue weighted by Gasteiger charge is 2.09. The molecule has 1 heterocycles. The first-order valence-electron chi connectivity index (χ1n) is 6.24. The number of anilines is 3. The lowest BCUT2D eigenvalue weighted by Crippen LogP contribution is -2.05. The van der Waals surface area contributed by atoms with Gasteiger partial charge in [-0.25, -0.2) is 9.97 Å². The summed E-state index contributed by atoms with van der Waals surface area (Å²) in [4.78, 5) is 8.61. The number of benzene rings is 1. The molecule has 0 bridgehead atoms. The molecule has 6 heteroatoms. The van der Waals surface area contributed by atoms with Crippen molar-refractivity contribution in [3.8, 4) is 0 Å². The van der Waals surface area contributed by atoms with Crippen LogP contribution in [0.2, 0.25) is 10.0 Å². The minimum Gasteiger partial charge on any atom is -0.384 e. The van der Waals surface area contributed by atoms with E-state index in [4.69, 9.17) is 28.9 Å². The van der Waals surface area contributed by atoms with Crippen LogP contribution in [0.3, 0.4) is 0 Å². The fraction of sp³-hybridized carbons (Fsp3) is 0.286. The molecule has 0 spiro atoms. The van der Waals surface area contributed by atoms with Crippen molar-refractivity contribution in [2.75, 3.05) is 11.1 Å². The summed E-state index contributed by atoms with van der Waals surface area (Å²) in [6.07, 6.45) is 0. The zero-order valence-corrected chi connectivity index (χ0v) is 13.0. The first kappa shape index (κ1) is 14.9. The zero-order chi connectivity index (χ0) is 14.9. The van der Waals surface area contributed by atoms with Crippen LogP contribution in [0.4, 0.5) is 17.3 Å². The van der Waals surface area contributed by atoms with E-state index in [0.717, 1.165) is 5.56 Å². The van der Waals surface area contributed by atoms with Crippen molar-refractivity contribution in [3.63, 3.8) is 0 Å². The van der Waals surface area contributed by atoms with Crippen LogP contribution in [-0.2, 0) is 0 Å². The average molecular weight is 311 g/mol. The molecule has 0 fully saturated rings. The number of nitrogen functional groups attached to an aromatic ring is 1. The summed E-state index contributed by atoms with van der Waals surface area (Å²) < 4.78 is 0. The van der Waals surface area contributed by atoms with Crippen molar-refractivity contribution >= 4 is 40.5 Å². The molecule has 0 saturated heterocycles. The minimum atomic E-state index is 0.191. The van der Waals surface area contributed by atoms with Gasteiger partial charge in [0.2, 0.25) is 0 Å². The molecule has 0 amide bonds. The van der Waals surface area contributed by atoms with Gasteiger partial charge in [0.15, 0.2) is 0 Å². The molecule has 0 saturated carbocycles. The number of hydrogen-bond donors (Lipinski definition) is 2. The molecule has 3 N–H and O–H groups in total. The van der Waals surface area contributed by atoms with Crippen LogP contribution < -0.4 is 11.1 Å². The molecule has 1 aromatic heterocycles. The van der Waals surface area contributed by atoms with Crippen LogP contribution in [-0.4, -0.2) is 9.97 Å². The monoisotopic (exact) mass is 310 g/mol. The van der Waals surface area contributed by atoms with E-state index in [1.807, 2.05) is 20.8 Å². The Morgan fingerprint density at radius 3 is 2.45 bits per heavy atom. The standard InChI is InChI=1S/C14H16Cl2N4/c1-7(2)14-19-12(17)6-13(20-14)18-11-5-9(15)8(3)4-10(11)16/h4-7H,1-3H3,(H3,17,18,19,20). The molecule has 0 atom stereocenters. The van der Waals surface area contributed by atoms with Crippen LogP contribution in [0.25, 0.3) is 0 Å². The summed E-state index contributed by atoms with van der Waals surface area (Å²) in [5.41, 5.74) is 7.41. The van der Waals surface area contributed by atoms with Crippen molar-refractivity contribution in [1.82, 2.24) is 9.97 Å². The largest absolute Gasteiger partial charge is 0.384 e. The van der Waals surface area contributed by atoms with Gasteiger partial charge >= 0.3 is 0 Å². The van der Waals surface area contributed by atoms with E-state index in [9.17, 15) is 0 Å². The number of nitrogens with zero attached hydrogens (tertiary/aromatic N) is 2. The number of nitrogens with one attached hydrogen (secondary N) is 1. The van der Waals surface area contributed by atoms with Gasteiger partial charge in [0.25, 0.3) is 0 Å². The number of rotatable bonds is 3. The van der Waals surface area contributed by atoms with E-state index in [1.54, 1.807) is 18.2 Å². The fourth-order valence-electron chi connectivity index (χ4n) is 1.69. The van der Waals surface area contributed by atoms with Crippen LogP contribution >= 0.6 is 23.2 Å². The molecule has 20 heavy (non-hydrogen) atoms. The predicted octanol–water partition coefficient (Wildman–Crippen LogP) is 4.54. The third-order valence-corrected chi connectivity index (χ3v) is 3.51. The van der Waals surface area contributed by atoms with Gasteiger partial charge in [-0.2, -0.15) is 0 Å². The van der Waals surface area contributed by atoms with Crippen LogP contribution in [0, 0.1) is 6.92 Å². The summed E-state index contributed by atoms with van der Waals surface area (Å²) in [5, 5.41) is 4.35. The number of aromatic nitrogens is 2. The molecule has 0 aliphatic carbocycles. The summed E-state index contributed by atoms with van der Waals surface area (Å²) in [6.45, 7) is 5.92. The quantitative estimate of drug-likeness (QED) is 0.873. The molecular formula is C14H16Cl2N4. The van der Waals surface area contributed by atoms with Gasteiger partial charge in [-0.05, 0) is 24.6 Å². The Balaban J connectivity index is 2.37. The van der Waals surface area contributed by atoms with Crippen molar-refractivity contribution in [2.24, 2.45) is 0 Å². The number of hydrogen-bond acceptors (Lipinski definition) is 4. The van der Waals surface area contributed by atoms with Gasteiger partial charge in [0, 0.05) is 17.0 Å². The highest BCUT2D eigenvalue weighted by molar-refractivity contribution is 6.35. The summed E-state index contributed by atoms with van der Waals surface area (Å²) >= 11 is 12.3. The van der Waals surface area contributed by atoms with Crippen molar-refractivity contribution < 1.29 is 0 Å². The summed E-state index contributed by atoms with van der Waals surface area (Å²) in [7, 11) is 0. The predicted molar refractivity (Wildman–Crippen MR) is 85.0 cm³/mol. The Hall–Kier alpha value is -1.52. The Bertz CT molecular complexity index is 641. The van der Waals surface area contributed by atoms with Gasteiger partial charge < -0.3 is 11.1 Å². The second-order valence-electron chi connectivity index (χ2n) is 4.90. The van der Waals surface area contributed by atoms with Crippen molar-refractivity contribution in [3.05, 3.63) is 39.6 Å². The van der Waals surface area contributed by atoms with Crippen LogP contribution in [0.15, 0.2) is 18.2 Å². The number of nitrogens with two attached hydrogens (primary N) is 1. The maximum absolute atomic E-state index is 6.20. The smallest absolute Gasteiger partial charge is 0.136 e.